The highest BCUT2D eigenvalue weighted by molar-refractivity contribution is 7.90. The Bertz CT molecular complexity index is 598. The highest BCUT2D eigenvalue weighted by Gasteiger charge is 2.31. The number of hydrogen-bond acceptors (Lipinski definition) is 6. The van der Waals surface area contributed by atoms with E-state index in [4.69, 9.17) is 15.9 Å². The number of hydrogen-bond donors (Lipinski definition) is 4. The van der Waals surface area contributed by atoms with Crippen LogP contribution in [0.1, 0.15) is 10.4 Å². The van der Waals surface area contributed by atoms with Gasteiger partial charge in [-0.2, -0.15) is 0 Å². The minimum absolute atomic E-state index is 0.0648. The van der Waals surface area contributed by atoms with Crippen LogP contribution in [0.2, 0.25) is 0 Å². The number of benzene rings is 1. The Labute approximate surface area is 108 Å². The number of carbonyl (C=O) groups excluding carboxylic acids is 1. The maximum Gasteiger partial charge on any atom is 0.322 e. The van der Waals surface area contributed by atoms with Crippen LogP contribution in [0.25, 0.3) is 0 Å². The second kappa shape index (κ2) is 5.78. The van der Waals surface area contributed by atoms with Crippen LogP contribution in [-0.4, -0.2) is 43.2 Å². The lowest BCUT2D eigenvalue weighted by molar-refractivity contribution is -0.139. The van der Waals surface area contributed by atoms with Gasteiger partial charge in [0.25, 0.3) is 15.9 Å². The molecule has 1 aliphatic heterocycles. The summed E-state index contributed by atoms with van der Waals surface area (Å²) in [7, 11) is -3.55. The highest BCUT2D eigenvalue weighted by Crippen LogP contribution is 2.20. The van der Waals surface area contributed by atoms with Crippen molar-refractivity contribution in [3.05, 3.63) is 29.8 Å². The van der Waals surface area contributed by atoms with Crippen LogP contribution >= 0.6 is 0 Å². The number of nitrogens with two attached hydrogens (primary N) is 1. The third kappa shape index (κ3) is 3.50. The molecule has 0 radical (unpaired) electrons. The first kappa shape index (κ1) is 15.1. The van der Waals surface area contributed by atoms with Crippen LogP contribution in [0.5, 0.6) is 0 Å². The molecule has 9 heteroatoms. The van der Waals surface area contributed by atoms with E-state index in [9.17, 15) is 18.0 Å². The summed E-state index contributed by atoms with van der Waals surface area (Å²) in [6, 6.07) is 4.97. The normalized spacial score (nSPS) is 16.6. The molecule has 2 rings (SSSR count). The van der Waals surface area contributed by atoms with Gasteiger partial charge < -0.3 is 15.9 Å². The summed E-state index contributed by atoms with van der Waals surface area (Å²) < 4.78 is 24.2. The van der Waals surface area contributed by atoms with Gasteiger partial charge in [0.15, 0.2) is 0 Å². The Morgan fingerprint density at radius 2 is 1.95 bits per heavy atom. The molecule has 0 spiro atoms. The second-order valence-corrected chi connectivity index (χ2v) is 5.21. The quantitative estimate of drug-likeness (QED) is 0.518. The van der Waals surface area contributed by atoms with Crippen molar-refractivity contribution >= 4 is 21.9 Å². The van der Waals surface area contributed by atoms with Crippen molar-refractivity contribution in [1.29, 1.82) is 0 Å². The highest BCUT2D eigenvalue weighted by atomic mass is 32.2. The molecule has 1 amide bonds. The van der Waals surface area contributed by atoms with E-state index in [-0.39, 0.29) is 10.5 Å². The van der Waals surface area contributed by atoms with Gasteiger partial charge >= 0.3 is 5.97 Å². The van der Waals surface area contributed by atoms with Gasteiger partial charge in [0.1, 0.15) is 10.9 Å². The second-order valence-electron chi connectivity index (χ2n) is 3.56. The third-order valence-electron chi connectivity index (χ3n) is 2.16. The number of aliphatic hydroxyl groups excluding tert-OH is 1. The van der Waals surface area contributed by atoms with Crippen LogP contribution in [0.3, 0.4) is 0 Å². The topological polar surface area (TPSA) is 147 Å². The minimum atomic E-state index is -3.55. The van der Waals surface area contributed by atoms with Gasteiger partial charge in [0, 0.05) is 0 Å². The van der Waals surface area contributed by atoms with E-state index in [0.29, 0.717) is 0 Å². The average molecular weight is 288 g/mol. The zero-order chi connectivity index (χ0) is 14.6. The van der Waals surface area contributed by atoms with E-state index in [0.717, 1.165) is 0 Å². The fourth-order valence-electron chi connectivity index (χ4n) is 1.20. The van der Waals surface area contributed by atoms with Crippen molar-refractivity contribution in [2.24, 2.45) is 5.73 Å². The maximum absolute atomic E-state index is 11.1. The van der Waals surface area contributed by atoms with Crippen molar-refractivity contribution in [2.75, 3.05) is 6.61 Å². The van der Waals surface area contributed by atoms with Crippen LogP contribution < -0.4 is 10.5 Å². The summed E-state index contributed by atoms with van der Waals surface area (Å²) in [4.78, 5) is 20.7. The number of carboxylic acids is 1. The number of aliphatic hydroxyl groups is 1. The Morgan fingerprint density at radius 1 is 1.37 bits per heavy atom. The molecule has 0 saturated carbocycles. The van der Waals surface area contributed by atoms with E-state index < -0.39 is 34.5 Å². The molecule has 1 aromatic carbocycles. The fraction of sp³-hybridized carbons (Fsp3) is 0.200. The van der Waals surface area contributed by atoms with E-state index in [2.05, 4.69) is 0 Å². The smallest absolute Gasteiger partial charge is 0.322 e. The van der Waals surface area contributed by atoms with Crippen molar-refractivity contribution in [3.63, 3.8) is 0 Å². The van der Waals surface area contributed by atoms with E-state index in [1.54, 1.807) is 12.1 Å². The molecule has 8 nitrogen and oxygen atoms in total. The molecule has 19 heavy (non-hydrogen) atoms. The van der Waals surface area contributed by atoms with Crippen LogP contribution in [0.4, 0.5) is 0 Å². The van der Waals surface area contributed by atoms with Crippen LogP contribution in [-0.2, 0) is 14.8 Å². The third-order valence-corrected chi connectivity index (χ3v) is 3.55. The monoisotopic (exact) mass is 288 g/mol. The van der Waals surface area contributed by atoms with Gasteiger partial charge in [-0.1, -0.05) is 12.1 Å². The zero-order valence-electron chi connectivity index (χ0n) is 9.61. The fourth-order valence-corrected chi connectivity index (χ4v) is 2.37. The SMILES string of the molecule is N[C@@H](CO)C(=O)O.O=C1NS(=O)(=O)c2ccccc21. The number of fused-ring (bicyclic) bond motifs is 1. The minimum Gasteiger partial charge on any atom is -0.480 e. The van der Waals surface area contributed by atoms with E-state index in [1.165, 1.54) is 12.1 Å². The lowest BCUT2D eigenvalue weighted by Crippen LogP contribution is -2.33. The summed E-state index contributed by atoms with van der Waals surface area (Å²) in [5.74, 6) is -1.73. The number of rotatable bonds is 2. The number of carboxylic acid groups (broad SMARTS) is 1. The van der Waals surface area contributed by atoms with E-state index in [1.807, 2.05) is 4.72 Å². The van der Waals surface area contributed by atoms with Gasteiger partial charge in [-0.15, -0.1) is 0 Å². The van der Waals surface area contributed by atoms with Crippen LogP contribution in [0.15, 0.2) is 29.2 Å². The first-order chi connectivity index (χ1) is 8.79. The van der Waals surface area contributed by atoms with Crippen LogP contribution in [0, 0.1) is 0 Å². The van der Waals surface area contributed by atoms with Gasteiger partial charge in [-0.05, 0) is 12.1 Å². The molecule has 1 aromatic rings. The first-order valence-corrected chi connectivity index (χ1v) is 6.53. The first-order valence-electron chi connectivity index (χ1n) is 5.05. The lowest BCUT2D eigenvalue weighted by Gasteiger charge is -1.96. The number of nitrogens with one attached hydrogen (secondary N) is 1. The number of sulfonamides is 1. The molecule has 104 valence electrons. The van der Waals surface area contributed by atoms with Gasteiger partial charge in [-0.25, -0.2) is 13.1 Å². The van der Waals surface area contributed by atoms with Crippen molar-refractivity contribution in [1.82, 2.24) is 4.72 Å². The number of amides is 1. The molecule has 1 heterocycles. The van der Waals surface area contributed by atoms with Crippen molar-refractivity contribution < 1.29 is 28.2 Å². The summed E-state index contributed by atoms with van der Waals surface area (Å²) >= 11 is 0. The predicted octanol–water partition coefficient (Wildman–Crippen LogP) is -1.49. The van der Waals surface area contributed by atoms with Gasteiger partial charge in [0.2, 0.25) is 0 Å². The number of carbonyl (C=O) groups is 2. The molecule has 0 aromatic heterocycles. The molecule has 0 unspecified atom stereocenters. The average Bonchev–Trinajstić information content (AvgIpc) is 2.60. The standard InChI is InChI=1S/C7H5NO3S.C3H7NO3/c9-7-5-3-1-2-4-6(5)12(10,11)8-7;4-2(1-5)3(6)7/h1-4H,(H,8,9);2,5H,1,4H2,(H,6,7)/t;2-/m.0/s1. The maximum atomic E-state index is 11.1. The largest absolute Gasteiger partial charge is 0.480 e. The molecule has 0 fully saturated rings. The number of aliphatic carboxylic acids is 1. The molecule has 0 aliphatic carbocycles. The summed E-state index contributed by atoms with van der Waals surface area (Å²) in [6.07, 6.45) is 0. The molecular weight excluding hydrogens is 276 g/mol. The Morgan fingerprint density at radius 3 is 2.37 bits per heavy atom. The van der Waals surface area contributed by atoms with E-state index >= 15 is 0 Å². The summed E-state index contributed by atoms with van der Waals surface area (Å²) in [6.45, 7) is -0.505. The predicted molar refractivity (Wildman–Crippen MR) is 63.8 cm³/mol. The molecule has 5 N–H and O–H groups in total. The van der Waals surface area contributed by atoms with Crippen molar-refractivity contribution in [3.8, 4) is 0 Å². The molecular formula is C10H12N2O6S. The zero-order valence-corrected chi connectivity index (χ0v) is 10.4. The van der Waals surface area contributed by atoms with Crippen molar-refractivity contribution in [2.45, 2.75) is 10.9 Å². The molecule has 0 bridgehead atoms. The molecule has 1 aliphatic rings. The van der Waals surface area contributed by atoms with Gasteiger partial charge in [-0.3, -0.25) is 9.59 Å². The molecule has 0 saturated heterocycles. The summed E-state index contributed by atoms with van der Waals surface area (Å²) in [5, 5.41) is 15.9. The Hall–Kier alpha value is -1.97. The van der Waals surface area contributed by atoms with Gasteiger partial charge in [0.05, 0.1) is 12.2 Å². The Kier molecular flexibility index (Phi) is 4.59. The summed E-state index contributed by atoms with van der Waals surface area (Å²) in [5.41, 5.74) is 4.99. The molecule has 1 atom stereocenters. The Balaban J connectivity index is 0.000000224. The lowest BCUT2D eigenvalue weighted by atomic mass is 10.2.